The number of anilines is 1. The van der Waals surface area contributed by atoms with Crippen LogP contribution in [-0.4, -0.2) is 69.4 Å². The summed E-state index contributed by atoms with van der Waals surface area (Å²) in [5, 5.41) is 16.3. The standard InChI is InChI=1S/C17H18ClN7O2/c1-27-17(26)16(12-4-2-3-5-13(12)18)24-10-8-23(9-11-24)15-7-6-14-19-21-22-25(14)20-15/h2-7,16H,8-11H2,1H3/t16-/m0/s1. The Labute approximate surface area is 160 Å². The summed E-state index contributed by atoms with van der Waals surface area (Å²) in [5.74, 6) is 0.478. The lowest BCUT2D eigenvalue weighted by Crippen LogP contribution is -2.49. The van der Waals surface area contributed by atoms with E-state index in [2.05, 4.69) is 30.4 Å². The monoisotopic (exact) mass is 387 g/mol. The number of hydrogen-bond donors (Lipinski definition) is 0. The van der Waals surface area contributed by atoms with E-state index in [1.807, 2.05) is 30.3 Å². The number of piperazine rings is 1. The first-order chi connectivity index (χ1) is 13.2. The molecule has 0 bridgehead atoms. The van der Waals surface area contributed by atoms with E-state index in [1.165, 1.54) is 11.7 Å². The number of aromatic nitrogens is 5. The summed E-state index contributed by atoms with van der Waals surface area (Å²) in [6, 6.07) is 10.6. The Morgan fingerprint density at radius 3 is 2.67 bits per heavy atom. The zero-order valence-corrected chi connectivity index (χ0v) is 15.5. The molecule has 140 valence electrons. The van der Waals surface area contributed by atoms with Crippen LogP contribution in [0.4, 0.5) is 5.82 Å². The van der Waals surface area contributed by atoms with Gasteiger partial charge in [0.05, 0.1) is 7.11 Å². The Balaban J connectivity index is 1.52. The van der Waals surface area contributed by atoms with Crippen LogP contribution in [-0.2, 0) is 9.53 Å². The second kappa shape index (κ2) is 7.45. The lowest BCUT2D eigenvalue weighted by atomic mass is 10.0. The smallest absolute Gasteiger partial charge is 0.327 e. The fraction of sp³-hybridized carbons (Fsp3) is 0.353. The lowest BCUT2D eigenvalue weighted by molar-refractivity contribution is -0.147. The van der Waals surface area contributed by atoms with Gasteiger partial charge in [-0.15, -0.1) is 14.8 Å². The molecule has 1 fully saturated rings. The summed E-state index contributed by atoms with van der Waals surface area (Å²) in [6.45, 7) is 2.75. The molecule has 1 atom stereocenters. The fourth-order valence-electron chi connectivity index (χ4n) is 3.30. The van der Waals surface area contributed by atoms with E-state index < -0.39 is 6.04 Å². The van der Waals surface area contributed by atoms with Gasteiger partial charge in [-0.1, -0.05) is 29.8 Å². The molecule has 0 N–H and O–H groups in total. The molecule has 27 heavy (non-hydrogen) atoms. The van der Waals surface area contributed by atoms with Gasteiger partial charge < -0.3 is 9.64 Å². The topological polar surface area (TPSA) is 88.8 Å². The minimum atomic E-state index is -0.527. The molecular weight excluding hydrogens is 370 g/mol. The van der Waals surface area contributed by atoms with Crippen LogP contribution in [0.1, 0.15) is 11.6 Å². The number of hydrogen-bond acceptors (Lipinski definition) is 8. The molecule has 9 nitrogen and oxygen atoms in total. The van der Waals surface area contributed by atoms with Gasteiger partial charge in [0.15, 0.2) is 11.5 Å². The number of carbonyl (C=O) groups excluding carboxylic acids is 1. The summed E-state index contributed by atoms with van der Waals surface area (Å²) in [6.07, 6.45) is 0. The van der Waals surface area contributed by atoms with Gasteiger partial charge in [-0.25, -0.2) is 4.79 Å². The van der Waals surface area contributed by atoms with Gasteiger partial charge in [0.25, 0.3) is 0 Å². The van der Waals surface area contributed by atoms with Crippen molar-refractivity contribution in [1.82, 2.24) is 30.2 Å². The third-order valence-electron chi connectivity index (χ3n) is 4.68. The first-order valence-corrected chi connectivity index (χ1v) is 8.92. The number of carbonyl (C=O) groups is 1. The number of esters is 1. The molecular formula is C17H18ClN7O2. The number of fused-ring (bicyclic) bond motifs is 1. The first-order valence-electron chi connectivity index (χ1n) is 8.54. The van der Waals surface area contributed by atoms with Crippen molar-refractivity contribution < 1.29 is 9.53 Å². The van der Waals surface area contributed by atoms with Gasteiger partial charge in [-0.05, 0) is 34.2 Å². The quantitative estimate of drug-likeness (QED) is 0.617. The number of methoxy groups -OCH3 is 1. The fourth-order valence-corrected chi connectivity index (χ4v) is 3.54. The summed E-state index contributed by atoms with van der Waals surface area (Å²) in [5.41, 5.74) is 1.36. The average molecular weight is 388 g/mol. The van der Waals surface area contributed by atoms with E-state index in [9.17, 15) is 4.79 Å². The number of benzene rings is 1. The van der Waals surface area contributed by atoms with Gasteiger partial charge in [0.2, 0.25) is 0 Å². The molecule has 1 aromatic carbocycles. The summed E-state index contributed by atoms with van der Waals surface area (Å²) in [4.78, 5) is 16.7. The van der Waals surface area contributed by atoms with Crippen molar-refractivity contribution in [3.05, 3.63) is 47.0 Å². The molecule has 1 saturated heterocycles. The lowest BCUT2D eigenvalue weighted by Gasteiger charge is -2.38. The van der Waals surface area contributed by atoms with Crippen LogP contribution in [0.15, 0.2) is 36.4 Å². The maximum atomic E-state index is 12.5. The highest BCUT2D eigenvalue weighted by Gasteiger charge is 2.32. The van der Waals surface area contributed by atoms with E-state index in [0.717, 1.165) is 11.4 Å². The third-order valence-corrected chi connectivity index (χ3v) is 5.03. The average Bonchev–Trinajstić information content (AvgIpc) is 3.18. The van der Waals surface area contributed by atoms with Crippen molar-refractivity contribution in [3.8, 4) is 0 Å². The van der Waals surface area contributed by atoms with Crippen LogP contribution in [0.3, 0.4) is 0 Å². The van der Waals surface area contributed by atoms with Gasteiger partial charge in [0, 0.05) is 31.2 Å². The van der Waals surface area contributed by atoms with Gasteiger partial charge in [-0.2, -0.15) is 0 Å². The zero-order valence-electron chi connectivity index (χ0n) is 14.7. The van der Waals surface area contributed by atoms with Crippen LogP contribution >= 0.6 is 11.6 Å². The Kier molecular flexibility index (Phi) is 4.87. The molecule has 0 amide bonds. The first kappa shape index (κ1) is 17.6. The Morgan fingerprint density at radius 2 is 1.93 bits per heavy atom. The highest BCUT2D eigenvalue weighted by Crippen LogP contribution is 2.30. The summed E-state index contributed by atoms with van der Waals surface area (Å²) < 4.78 is 6.44. The van der Waals surface area contributed by atoms with E-state index >= 15 is 0 Å². The van der Waals surface area contributed by atoms with E-state index in [0.29, 0.717) is 36.8 Å². The molecule has 3 aromatic rings. The summed E-state index contributed by atoms with van der Waals surface area (Å²) in [7, 11) is 1.40. The second-order valence-corrected chi connectivity index (χ2v) is 6.60. The van der Waals surface area contributed by atoms with E-state index in [4.69, 9.17) is 16.3 Å². The van der Waals surface area contributed by atoms with Crippen molar-refractivity contribution >= 4 is 29.0 Å². The molecule has 1 aliphatic rings. The predicted molar refractivity (Wildman–Crippen MR) is 98.6 cm³/mol. The number of rotatable bonds is 4. The third kappa shape index (κ3) is 3.43. The van der Waals surface area contributed by atoms with Gasteiger partial charge in [-0.3, -0.25) is 4.90 Å². The molecule has 1 aliphatic heterocycles. The van der Waals surface area contributed by atoms with Crippen molar-refractivity contribution in [3.63, 3.8) is 0 Å². The van der Waals surface area contributed by atoms with Crippen molar-refractivity contribution in [2.24, 2.45) is 0 Å². The molecule has 3 heterocycles. The van der Waals surface area contributed by atoms with E-state index in [-0.39, 0.29) is 5.97 Å². The number of tetrazole rings is 1. The minimum Gasteiger partial charge on any atom is -0.468 e. The van der Waals surface area contributed by atoms with Crippen LogP contribution in [0.25, 0.3) is 5.65 Å². The molecule has 10 heteroatoms. The number of ether oxygens (including phenoxy) is 1. The Morgan fingerprint density at radius 1 is 1.15 bits per heavy atom. The molecule has 0 spiro atoms. The normalized spacial score (nSPS) is 16.4. The highest BCUT2D eigenvalue weighted by atomic mass is 35.5. The Bertz CT molecular complexity index is 955. The molecule has 0 unspecified atom stereocenters. The molecule has 0 radical (unpaired) electrons. The highest BCUT2D eigenvalue weighted by molar-refractivity contribution is 6.31. The molecule has 0 aliphatic carbocycles. The van der Waals surface area contributed by atoms with Crippen LogP contribution in [0.2, 0.25) is 5.02 Å². The summed E-state index contributed by atoms with van der Waals surface area (Å²) >= 11 is 6.33. The van der Waals surface area contributed by atoms with Crippen LogP contribution < -0.4 is 4.90 Å². The van der Waals surface area contributed by atoms with Gasteiger partial charge in [0.1, 0.15) is 6.04 Å². The zero-order chi connectivity index (χ0) is 18.8. The maximum Gasteiger partial charge on any atom is 0.327 e. The van der Waals surface area contributed by atoms with Gasteiger partial charge >= 0.3 is 5.97 Å². The minimum absolute atomic E-state index is 0.315. The van der Waals surface area contributed by atoms with Crippen molar-refractivity contribution in [1.29, 1.82) is 0 Å². The SMILES string of the molecule is COC(=O)[C@H](c1ccccc1Cl)N1CCN(c2ccc3nnnn3n2)CC1. The van der Waals surface area contributed by atoms with Crippen LogP contribution in [0, 0.1) is 0 Å². The second-order valence-electron chi connectivity index (χ2n) is 6.19. The van der Waals surface area contributed by atoms with Crippen LogP contribution in [0.5, 0.6) is 0 Å². The number of nitrogens with zero attached hydrogens (tertiary/aromatic N) is 7. The maximum absolute atomic E-state index is 12.5. The molecule has 4 rings (SSSR count). The van der Waals surface area contributed by atoms with Crippen molar-refractivity contribution in [2.45, 2.75) is 6.04 Å². The molecule has 2 aromatic heterocycles. The Hall–Kier alpha value is -2.78. The number of halogens is 1. The largest absolute Gasteiger partial charge is 0.468 e. The molecule has 0 saturated carbocycles. The van der Waals surface area contributed by atoms with Crippen molar-refractivity contribution in [2.75, 3.05) is 38.2 Å². The van der Waals surface area contributed by atoms with E-state index in [1.54, 1.807) is 6.07 Å². The predicted octanol–water partition coefficient (Wildman–Crippen LogP) is 1.21.